The highest BCUT2D eigenvalue weighted by Crippen LogP contribution is 2.19. The zero-order valence-electron chi connectivity index (χ0n) is 13.9. The van der Waals surface area contributed by atoms with E-state index < -0.39 is 10.0 Å². The van der Waals surface area contributed by atoms with E-state index >= 15 is 0 Å². The molecule has 0 aliphatic carbocycles. The monoisotopic (exact) mass is 401 g/mol. The molecule has 138 valence electrons. The maximum atomic E-state index is 12.3. The van der Waals surface area contributed by atoms with Gasteiger partial charge in [0.15, 0.2) is 5.13 Å². The molecule has 3 rings (SSSR count). The third-order valence-electron chi connectivity index (χ3n) is 3.41. The number of rotatable bonds is 6. The standard InChI is InChI=1S/C18H15N3O4S2/c22-15-6-1-13(2-7-15)3-10-17(23)20-14-4-8-16(9-5-14)27(24,25)21-18-19-11-12-26-18/h1-12,22H,(H,19,21)(H,20,23)/b10-3+. The molecule has 0 atom stereocenters. The number of hydrogen-bond acceptors (Lipinski definition) is 6. The maximum absolute atomic E-state index is 12.3. The second-order valence-electron chi connectivity index (χ2n) is 5.38. The fourth-order valence-corrected chi connectivity index (χ4v) is 3.90. The van der Waals surface area contributed by atoms with Gasteiger partial charge in [-0.3, -0.25) is 9.52 Å². The SMILES string of the molecule is O=C(/C=C/c1ccc(O)cc1)Nc1ccc(S(=O)(=O)Nc2nccs2)cc1. The number of hydrogen-bond donors (Lipinski definition) is 3. The minimum atomic E-state index is -3.73. The Labute approximate surface area is 160 Å². The van der Waals surface area contributed by atoms with Crippen LogP contribution in [0.3, 0.4) is 0 Å². The summed E-state index contributed by atoms with van der Waals surface area (Å²) in [7, 11) is -3.73. The van der Waals surface area contributed by atoms with Gasteiger partial charge in [0.05, 0.1) is 4.90 Å². The van der Waals surface area contributed by atoms with E-state index in [1.54, 1.807) is 23.6 Å². The van der Waals surface area contributed by atoms with Crippen LogP contribution in [0.2, 0.25) is 0 Å². The molecule has 0 unspecified atom stereocenters. The predicted octanol–water partition coefficient (Wildman–Crippen LogP) is 3.30. The first kappa shape index (κ1) is 18.6. The normalized spacial score (nSPS) is 11.4. The van der Waals surface area contributed by atoms with Gasteiger partial charge >= 0.3 is 0 Å². The van der Waals surface area contributed by atoms with E-state index in [1.165, 1.54) is 60.0 Å². The Morgan fingerprint density at radius 3 is 2.41 bits per heavy atom. The Bertz CT molecular complexity index is 1040. The first-order valence-corrected chi connectivity index (χ1v) is 10.1. The van der Waals surface area contributed by atoms with Crippen molar-refractivity contribution in [2.45, 2.75) is 4.90 Å². The summed E-state index contributed by atoms with van der Waals surface area (Å²) in [5.74, 6) is -0.212. The first-order valence-electron chi connectivity index (χ1n) is 7.73. The summed E-state index contributed by atoms with van der Waals surface area (Å²) in [4.78, 5) is 15.9. The van der Waals surface area contributed by atoms with Gasteiger partial charge < -0.3 is 10.4 Å². The number of thiazole rings is 1. The summed E-state index contributed by atoms with van der Waals surface area (Å²) in [6.07, 6.45) is 4.46. The van der Waals surface area contributed by atoms with Crippen LogP contribution < -0.4 is 10.0 Å². The summed E-state index contributed by atoms with van der Waals surface area (Å²) in [5, 5.41) is 13.8. The van der Waals surface area contributed by atoms with Gasteiger partial charge in [0.1, 0.15) is 5.75 Å². The Hall–Kier alpha value is -3.17. The van der Waals surface area contributed by atoms with Gasteiger partial charge in [-0.05, 0) is 48.0 Å². The number of aromatic nitrogens is 1. The molecule has 1 heterocycles. The molecule has 3 aromatic rings. The minimum absolute atomic E-state index is 0.0651. The van der Waals surface area contributed by atoms with E-state index in [4.69, 9.17) is 0 Å². The van der Waals surface area contributed by atoms with Gasteiger partial charge in [-0.25, -0.2) is 13.4 Å². The summed E-state index contributed by atoms with van der Waals surface area (Å²) in [6, 6.07) is 12.2. The lowest BCUT2D eigenvalue weighted by molar-refractivity contribution is -0.111. The van der Waals surface area contributed by atoms with Crippen molar-refractivity contribution in [2.24, 2.45) is 0 Å². The zero-order valence-corrected chi connectivity index (χ0v) is 15.5. The van der Waals surface area contributed by atoms with Crippen LogP contribution in [0.25, 0.3) is 6.08 Å². The van der Waals surface area contributed by atoms with Crippen molar-refractivity contribution in [1.82, 2.24) is 4.98 Å². The summed E-state index contributed by atoms with van der Waals surface area (Å²) in [6.45, 7) is 0. The molecule has 2 aromatic carbocycles. The number of nitrogens with one attached hydrogen (secondary N) is 2. The third-order valence-corrected chi connectivity index (χ3v) is 5.58. The van der Waals surface area contributed by atoms with E-state index in [1.807, 2.05) is 0 Å². The molecule has 9 heteroatoms. The number of sulfonamides is 1. The lowest BCUT2D eigenvalue weighted by atomic mass is 10.2. The molecule has 0 radical (unpaired) electrons. The summed E-state index contributed by atoms with van der Waals surface area (Å²) < 4.78 is 26.9. The average molecular weight is 401 g/mol. The Morgan fingerprint density at radius 1 is 1.07 bits per heavy atom. The second kappa shape index (κ2) is 8.02. The van der Waals surface area contributed by atoms with Crippen LogP contribution in [0.15, 0.2) is 71.1 Å². The third kappa shape index (κ3) is 5.16. The highest BCUT2D eigenvalue weighted by Gasteiger charge is 2.15. The smallest absolute Gasteiger partial charge is 0.263 e. The highest BCUT2D eigenvalue weighted by atomic mass is 32.2. The Kier molecular flexibility index (Phi) is 5.53. The number of carbonyl (C=O) groups is 1. The maximum Gasteiger partial charge on any atom is 0.263 e. The summed E-state index contributed by atoms with van der Waals surface area (Å²) in [5.41, 5.74) is 1.22. The van der Waals surface area contributed by atoms with Crippen molar-refractivity contribution in [3.63, 3.8) is 0 Å². The molecule has 0 aliphatic heterocycles. The molecule has 0 saturated heterocycles. The van der Waals surface area contributed by atoms with Crippen molar-refractivity contribution >= 4 is 44.2 Å². The molecule has 1 amide bonds. The van der Waals surface area contributed by atoms with Crippen LogP contribution in [-0.2, 0) is 14.8 Å². The Balaban J connectivity index is 1.63. The quantitative estimate of drug-likeness (QED) is 0.549. The fourth-order valence-electron chi connectivity index (χ4n) is 2.11. The number of benzene rings is 2. The fraction of sp³-hybridized carbons (Fsp3) is 0. The van der Waals surface area contributed by atoms with Gasteiger partial charge in [0, 0.05) is 23.3 Å². The number of phenols is 1. The number of aromatic hydroxyl groups is 1. The minimum Gasteiger partial charge on any atom is -0.508 e. The molecule has 0 fully saturated rings. The summed E-state index contributed by atoms with van der Waals surface area (Å²) >= 11 is 1.18. The van der Waals surface area contributed by atoms with Gasteiger partial charge in [0.25, 0.3) is 10.0 Å². The van der Waals surface area contributed by atoms with Gasteiger partial charge in [-0.15, -0.1) is 11.3 Å². The molecule has 3 N–H and O–H groups in total. The van der Waals surface area contributed by atoms with E-state index in [0.717, 1.165) is 5.56 Å². The number of phenolic OH excluding ortho intramolecular Hbond substituents is 1. The average Bonchev–Trinajstić information content (AvgIpc) is 3.14. The van der Waals surface area contributed by atoms with Crippen molar-refractivity contribution < 1.29 is 18.3 Å². The molecule has 27 heavy (non-hydrogen) atoms. The van der Waals surface area contributed by atoms with Gasteiger partial charge in [0.2, 0.25) is 5.91 Å². The molecule has 0 aliphatic rings. The lowest BCUT2D eigenvalue weighted by Crippen LogP contribution is -2.13. The van der Waals surface area contributed by atoms with Crippen LogP contribution in [0.5, 0.6) is 5.75 Å². The van der Waals surface area contributed by atoms with Crippen LogP contribution in [-0.4, -0.2) is 24.4 Å². The lowest BCUT2D eigenvalue weighted by Gasteiger charge is -2.07. The molecule has 0 bridgehead atoms. The molecule has 7 nitrogen and oxygen atoms in total. The highest BCUT2D eigenvalue weighted by molar-refractivity contribution is 7.93. The number of anilines is 2. The zero-order chi connectivity index (χ0) is 19.3. The van der Waals surface area contributed by atoms with Crippen molar-refractivity contribution in [1.29, 1.82) is 0 Å². The van der Waals surface area contributed by atoms with E-state index in [2.05, 4.69) is 15.0 Å². The van der Waals surface area contributed by atoms with Crippen LogP contribution in [0, 0.1) is 0 Å². The van der Waals surface area contributed by atoms with Crippen LogP contribution >= 0.6 is 11.3 Å². The molecular weight excluding hydrogens is 386 g/mol. The van der Waals surface area contributed by atoms with Crippen LogP contribution in [0.4, 0.5) is 10.8 Å². The second-order valence-corrected chi connectivity index (χ2v) is 7.96. The van der Waals surface area contributed by atoms with Gasteiger partial charge in [-0.1, -0.05) is 12.1 Å². The van der Waals surface area contributed by atoms with E-state index in [0.29, 0.717) is 5.69 Å². The van der Waals surface area contributed by atoms with Crippen molar-refractivity contribution in [2.75, 3.05) is 10.0 Å². The number of carbonyl (C=O) groups excluding carboxylic acids is 1. The van der Waals surface area contributed by atoms with Crippen molar-refractivity contribution in [3.05, 3.63) is 71.7 Å². The topological polar surface area (TPSA) is 108 Å². The molecule has 0 spiro atoms. The molecule has 1 aromatic heterocycles. The number of nitrogens with zero attached hydrogens (tertiary/aromatic N) is 1. The Morgan fingerprint density at radius 2 is 1.78 bits per heavy atom. The van der Waals surface area contributed by atoms with Crippen LogP contribution in [0.1, 0.15) is 5.56 Å². The largest absolute Gasteiger partial charge is 0.508 e. The predicted molar refractivity (Wildman–Crippen MR) is 105 cm³/mol. The first-order chi connectivity index (χ1) is 12.9. The van der Waals surface area contributed by atoms with Crippen molar-refractivity contribution in [3.8, 4) is 5.75 Å². The van der Waals surface area contributed by atoms with E-state index in [9.17, 15) is 18.3 Å². The van der Waals surface area contributed by atoms with E-state index in [-0.39, 0.29) is 21.7 Å². The number of amides is 1. The molecular formula is C18H15N3O4S2. The molecule has 0 saturated carbocycles. The van der Waals surface area contributed by atoms with Gasteiger partial charge in [-0.2, -0.15) is 0 Å².